The van der Waals surface area contributed by atoms with Crippen LogP contribution in [0.25, 0.3) is 0 Å². The van der Waals surface area contributed by atoms with Gasteiger partial charge in [0.05, 0.1) is 13.7 Å². The quantitative estimate of drug-likeness (QED) is 0.807. The van der Waals surface area contributed by atoms with Gasteiger partial charge < -0.3 is 15.4 Å². The van der Waals surface area contributed by atoms with Gasteiger partial charge in [0.1, 0.15) is 11.8 Å². The Bertz CT molecular complexity index is 557. The monoisotopic (exact) mass is 291 g/mol. The Labute approximate surface area is 124 Å². The standard InChI is InChI=1S/C15H21N3O3/c1-4-10-15(20)17-13(19)8-18(10)11-6-5-7-12(21-3)14(11)9(2)16/h5-7,9-10H,4,8,16H2,1-3H3,(H,17,19,20)/t9-,10?/m0/s1. The predicted molar refractivity (Wildman–Crippen MR) is 80.2 cm³/mol. The van der Waals surface area contributed by atoms with Gasteiger partial charge in [-0.3, -0.25) is 14.9 Å². The summed E-state index contributed by atoms with van der Waals surface area (Å²) in [5, 5.41) is 2.38. The minimum absolute atomic E-state index is 0.136. The van der Waals surface area contributed by atoms with Crippen LogP contribution >= 0.6 is 0 Å². The summed E-state index contributed by atoms with van der Waals surface area (Å²) in [4.78, 5) is 25.5. The SMILES string of the molecule is CCC1C(=O)NC(=O)CN1c1cccc(OC)c1[C@H](C)N. The second-order valence-corrected chi connectivity index (χ2v) is 5.15. The molecule has 0 spiro atoms. The Hall–Kier alpha value is -2.08. The molecule has 1 aliphatic rings. The van der Waals surface area contributed by atoms with E-state index in [9.17, 15) is 9.59 Å². The molecular weight excluding hydrogens is 270 g/mol. The third-order valence-electron chi connectivity index (χ3n) is 3.67. The number of piperazine rings is 1. The number of carbonyl (C=O) groups is 2. The Balaban J connectivity index is 2.53. The molecule has 0 radical (unpaired) electrons. The van der Waals surface area contributed by atoms with Crippen molar-refractivity contribution >= 4 is 17.5 Å². The zero-order valence-electron chi connectivity index (χ0n) is 12.6. The van der Waals surface area contributed by atoms with E-state index in [1.807, 2.05) is 36.9 Å². The van der Waals surface area contributed by atoms with Gasteiger partial charge in [-0.2, -0.15) is 0 Å². The third-order valence-corrected chi connectivity index (χ3v) is 3.67. The lowest BCUT2D eigenvalue weighted by Crippen LogP contribution is -2.58. The van der Waals surface area contributed by atoms with E-state index in [1.54, 1.807) is 7.11 Å². The molecule has 0 aliphatic carbocycles. The highest BCUT2D eigenvalue weighted by molar-refractivity contribution is 6.04. The number of nitrogens with two attached hydrogens (primary N) is 1. The number of methoxy groups -OCH3 is 1. The average molecular weight is 291 g/mol. The van der Waals surface area contributed by atoms with Gasteiger partial charge in [-0.25, -0.2) is 0 Å². The van der Waals surface area contributed by atoms with Crippen molar-refractivity contribution in [1.29, 1.82) is 0 Å². The van der Waals surface area contributed by atoms with E-state index in [1.165, 1.54) is 0 Å². The van der Waals surface area contributed by atoms with Crippen LogP contribution in [-0.4, -0.2) is 31.5 Å². The van der Waals surface area contributed by atoms with Crippen LogP contribution in [0.1, 0.15) is 31.9 Å². The molecule has 1 aromatic rings. The molecule has 0 bridgehead atoms. The smallest absolute Gasteiger partial charge is 0.249 e. The predicted octanol–water partition coefficient (Wildman–Crippen LogP) is 0.956. The van der Waals surface area contributed by atoms with Gasteiger partial charge in [0.15, 0.2) is 0 Å². The van der Waals surface area contributed by atoms with Crippen LogP contribution in [0.2, 0.25) is 0 Å². The normalized spacial score (nSPS) is 20.2. The van der Waals surface area contributed by atoms with Gasteiger partial charge in [0, 0.05) is 17.3 Å². The highest BCUT2D eigenvalue weighted by Gasteiger charge is 2.34. The van der Waals surface area contributed by atoms with Gasteiger partial charge >= 0.3 is 0 Å². The molecule has 3 N–H and O–H groups in total. The molecule has 0 aromatic heterocycles. The molecule has 6 nitrogen and oxygen atoms in total. The molecule has 1 unspecified atom stereocenters. The summed E-state index contributed by atoms with van der Waals surface area (Å²) in [6, 6.07) is 4.88. The minimum atomic E-state index is -0.382. The number of hydrogen-bond donors (Lipinski definition) is 2. The van der Waals surface area contributed by atoms with Gasteiger partial charge in [0.2, 0.25) is 11.8 Å². The molecule has 1 aromatic carbocycles. The highest BCUT2D eigenvalue weighted by atomic mass is 16.5. The molecule has 0 saturated carbocycles. The van der Waals surface area contributed by atoms with Gasteiger partial charge in [-0.05, 0) is 25.5 Å². The van der Waals surface area contributed by atoms with Crippen molar-refractivity contribution in [3.8, 4) is 5.75 Å². The summed E-state index contributed by atoms with van der Waals surface area (Å²) < 4.78 is 5.37. The molecule has 1 fully saturated rings. The minimum Gasteiger partial charge on any atom is -0.496 e. The van der Waals surface area contributed by atoms with Crippen LogP contribution in [-0.2, 0) is 9.59 Å². The van der Waals surface area contributed by atoms with Crippen LogP contribution in [0.4, 0.5) is 5.69 Å². The molecule has 1 aliphatic heterocycles. The fourth-order valence-corrected chi connectivity index (χ4v) is 2.74. The van der Waals surface area contributed by atoms with E-state index in [2.05, 4.69) is 5.32 Å². The van der Waals surface area contributed by atoms with Crippen molar-refractivity contribution in [3.63, 3.8) is 0 Å². The first-order valence-electron chi connectivity index (χ1n) is 7.02. The van der Waals surface area contributed by atoms with Crippen molar-refractivity contribution in [1.82, 2.24) is 5.32 Å². The maximum atomic E-state index is 12.0. The molecule has 1 heterocycles. The molecule has 2 rings (SSSR count). The summed E-state index contributed by atoms with van der Waals surface area (Å²) in [5.74, 6) is 0.0890. The number of benzene rings is 1. The number of rotatable bonds is 4. The molecule has 6 heteroatoms. The number of ether oxygens (including phenoxy) is 1. The van der Waals surface area contributed by atoms with Crippen LogP contribution < -0.4 is 20.7 Å². The fourth-order valence-electron chi connectivity index (χ4n) is 2.74. The molecule has 2 amide bonds. The van der Waals surface area contributed by atoms with E-state index in [4.69, 9.17) is 10.5 Å². The van der Waals surface area contributed by atoms with E-state index < -0.39 is 0 Å². The zero-order valence-corrected chi connectivity index (χ0v) is 12.6. The topological polar surface area (TPSA) is 84.7 Å². The average Bonchev–Trinajstić information content (AvgIpc) is 2.45. The lowest BCUT2D eigenvalue weighted by molar-refractivity contribution is -0.132. The van der Waals surface area contributed by atoms with Crippen molar-refractivity contribution in [2.75, 3.05) is 18.6 Å². The summed E-state index contributed by atoms with van der Waals surface area (Å²) in [6.45, 7) is 3.91. The maximum absolute atomic E-state index is 12.0. The van der Waals surface area contributed by atoms with E-state index in [0.29, 0.717) is 12.2 Å². The fraction of sp³-hybridized carbons (Fsp3) is 0.467. The number of nitrogens with one attached hydrogen (secondary N) is 1. The summed E-state index contributed by atoms with van der Waals surface area (Å²) >= 11 is 0. The largest absolute Gasteiger partial charge is 0.496 e. The second-order valence-electron chi connectivity index (χ2n) is 5.15. The van der Waals surface area contributed by atoms with Gasteiger partial charge in [0.25, 0.3) is 0 Å². The maximum Gasteiger partial charge on any atom is 0.249 e. The first-order valence-corrected chi connectivity index (χ1v) is 7.02. The number of hydrogen-bond acceptors (Lipinski definition) is 5. The van der Waals surface area contributed by atoms with E-state index >= 15 is 0 Å². The Morgan fingerprint density at radius 3 is 2.76 bits per heavy atom. The first-order chi connectivity index (χ1) is 9.99. The Morgan fingerprint density at radius 2 is 2.19 bits per heavy atom. The molecule has 114 valence electrons. The number of amides is 2. The van der Waals surface area contributed by atoms with Crippen LogP contribution in [0, 0.1) is 0 Å². The number of carbonyl (C=O) groups excluding carboxylic acids is 2. The zero-order chi connectivity index (χ0) is 15.6. The van der Waals surface area contributed by atoms with E-state index in [0.717, 1.165) is 11.3 Å². The van der Waals surface area contributed by atoms with Crippen LogP contribution in [0.15, 0.2) is 18.2 Å². The summed E-state index contributed by atoms with van der Waals surface area (Å²) in [5.41, 5.74) is 7.65. The van der Waals surface area contributed by atoms with Crippen molar-refractivity contribution in [2.45, 2.75) is 32.4 Å². The third kappa shape index (κ3) is 2.85. The van der Waals surface area contributed by atoms with Crippen molar-refractivity contribution in [2.24, 2.45) is 5.73 Å². The summed E-state index contributed by atoms with van der Waals surface area (Å²) in [6.07, 6.45) is 0.606. The lowest BCUT2D eigenvalue weighted by atomic mass is 10.0. The number of imide groups is 1. The van der Waals surface area contributed by atoms with Gasteiger partial charge in [-0.1, -0.05) is 13.0 Å². The Morgan fingerprint density at radius 1 is 1.48 bits per heavy atom. The lowest BCUT2D eigenvalue weighted by Gasteiger charge is -2.37. The highest BCUT2D eigenvalue weighted by Crippen LogP contribution is 2.35. The van der Waals surface area contributed by atoms with Crippen molar-refractivity contribution < 1.29 is 14.3 Å². The Kier molecular flexibility index (Phi) is 4.47. The molecule has 21 heavy (non-hydrogen) atoms. The number of anilines is 1. The van der Waals surface area contributed by atoms with Crippen LogP contribution in [0.3, 0.4) is 0 Å². The second kappa shape index (κ2) is 6.13. The first kappa shape index (κ1) is 15.3. The van der Waals surface area contributed by atoms with Crippen LogP contribution in [0.5, 0.6) is 5.75 Å². The van der Waals surface area contributed by atoms with Crippen molar-refractivity contribution in [3.05, 3.63) is 23.8 Å². The molecule has 1 saturated heterocycles. The van der Waals surface area contributed by atoms with Gasteiger partial charge in [-0.15, -0.1) is 0 Å². The summed E-state index contributed by atoms with van der Waals surface area (Å²) in [7, 11) is 1.58. The molecular formula is C15H21N3O3. The molecule has 2 atom stereocenters. The van der Waals surface area contributed by atoms with E-state index in [-0.39, 0.29) is 30.4 Å². The number of nitrogens with zero attached hydrogens (tertiary/aromatic N) is 1.